The topological polar surface area (TPSA) is 194 Å². The van der Waals surface area contributed by atoms with E-state index in [1.54, 1.807) is 12.1 Å². The SMILES string of the molecule is CN1CCCN(c2ccc(C(=O)Nc3c(O[C@@H]4O[C@H](C(=O)O)[C@@H](O)[C@H](O)[C@H]4O)cc(Br)cc3C(=O)Nc3ccc(Cl)cn3)cc2)CC1. The van der Waals surface area contributed by atoms with Crippen molar-refractivity contribution in [2.75, 3.05) is 48.8 Å². The number of amides is 2. The number of rotatable bonds is 8. The van der Waals surface area contributed by atoms with E-state index in [0.717, 1.165) is 38.3 Å². The fourth-order valence-corrected chi connectivity index (χ4v) is 5.75. The molecule has 250 valence electrons. The number of anilines is 3. The first-order chi connectivity index (χ1) is 22.4. The van der Waals surface area contributed by atoms with Crippen molar-refractivity contribution in [3.05, 3.63) is 75.4 Å². The largest absolute Gasteiger partial charge is 0.479 e. The standard InChI is InChI=1S/C31H33BrClN5O9/c1-37-9-2-10-38(12-11-37)19-6-3-16(4-7-19)28(42)36-23-20(29(43)35-22-8-5-18(33)15-34-22)13-17(32)14-21(23)46-31-26(41)24(39)25(40)27(47-31)30(44)45/h3-8,13-15,24-27,31,39-41H,2,9-12H2,1H3,(H,36,42)(H,44,45)(H,34,35,43)/t24-,25-,26+,27-,31+/m0/s1. The summed E-state index contributed by atoms with van der Waals surface area (Å²) in [7, 11) is 2.08. The van der Waals surface area contributed by atoms with Gasteiger partial charge >= 0.3 is 5.97 Å². The van der Waals surface area contributed by atoms with Crippen molar-refractivity contribution in [2.24, 2.45) is 0 Å². The lowest BCUT2D eigenvalue weighted by Gasteiger charge is -2.38. The van der Waals surface area contributed by atoms with Crippen LogP contribution in [-0.4, -0.2) is 112 Å². The second-order valence-electron chi connectivity index (χ2n) is 11.1. The number of pyridine rings is 1. The Morgan fingerprint density at radius 3 is 2.38 bits per heavy atom. The van der Waals surface area contributed by atoms with Gasteiger partial charge in [0.2, 0.25) is 6.29 Å². The molecule has 2 aliphatic heterocycles. The van der Waals surface area contributed by atoms with Crippen molar-refractivity contribution < 1.29 is 44.3 Å². The van der Waals surface area contributed by atoms with E-state index in [1.807, 2.05) is 12.1 Å². The van der Waals surface area contributed by atoms with Gasteiger partial charge in [-0.3, -0.25) is 9.59 Å². The monoisotopic (exact) mass is 733 g/mol. The van der Waals surface area contributed by atoms with Gasteiger partial charge in [-0.05, 0) is 68.5 Å². The zero-order valence-electron chi connectivity index (χ0n) is 25.0. The van der Waals surface area contributed by atoms with Crippen LogP contribution in [0.1, 0.15) is 27.1 Å². The number of nitrogens with one attached hydrogen (secondary N) is 2. The summed E-state index contributed by atoms with van der Waals surface area (Å²) in [5.41, 5.74) is 0.953. The third-order valence-electron chi connectivity index (χ3n) is 7.79. The van der Waals surface area contributed by atoms with Gasteiger partial charge in [0.1, 0.15) is 29.9 Å². The first kappa shape index (κ1) is 34.5. The van der Waals surface area contributed by atoms with Gasteiger partial charge in [-0.15, -0.1) is 0 Å². The summed E-state index contributed by atoms with van der Waals surface area (Å²) in [5.74, 6) is -2.99. The van der Waals surface area contributed by atoms with Gasteiger partial charge in [-0.2, -0.15) is 0 Å². The third-order valence-corrected chi connectivity index (χ3v) is 8.47. The quantitative estimate of drug-likeness (QED) is 0.198. The Balaban J connectivity index is 1.46. The molecule has 1 aromatic heterocycles. The van der Waals surface area contributed by atoms with Crippen LogP contribution >= 0.6 is 27.5 Å². The zero-order chi connectivity index (χ0) is 33.8. The Labute approximate surface area is 283 Å². The van der Waals surface area contributed by atoms with Crippen LogP contribution in [0.4, 0.5) is 17.2 Å². The molecule has 14 nitrogen and oxygen atoms in total. The van der Waals surface area contributed by atoms with E-state index in [0.29, 0.717) is 9.50 Å². The molecule has 2 saturated heterocycles. The van der Waals surface area contributed by atoms with Crippen LogP contribution in [0.3, 0.4) is 0 Å². The molecule has 47 heavy (non-hydrogen) atoms. The number of likely N-dealkylation sites (N-methyl/N-ethyl adjacent to an activating group) is 1. The molecule has 16 heteroatoms. The minimum absolute atomic E-state index is 0.106. The Morgan fingerprint density at radius 2 is 1.70 bits per heavy atom. The van der Waals surface area contributed by atoms with Gasteiger partial charge in [0.25, 0.3) is 11.8 Å². The van der Waals surface area contributed by atoms with E-state index in [2.05, 4.69) is 48.4 Å². The molecule has 0 bridgehead atoms. The first-order valence-electron chi connectivity index (χ1n) is 14.6. The molecule has 5 rings (SSSR count). The predicted octanol–water partition coefficient (Wildman–Crippen LogP) is 2.42. The number of benzene rings is 2. The summed E-state index contributed by atoms with van der Waals surface area (Å²) in [6.45, 7) is 3.62. The van der Waals surface area contributed by atoms with Crippen LogP contribution in [0.25, 0.3) is 0 Å². The number of halogens is 2. The number of aliphatic hydroxyl groups excluding tert-OH is 3. The van der Waals surface area contributed by atoms with Crippen molar-refractivity contribution in [1.82, 2.24) is 9.88 Å². The molecule has 0 unspecified atom stereocenters. The number of aromatic nitrogens is 1. The Bertz CT molecular complexity index is 1610. The van der Waals surface area contributed by atoms with Crippen molar-refractivity contribution in [1.29, 1.82) is 0 Å². The van der Waals surface area contributed by atoms with Crippen LogP contribution in [0.5, 0.6) is 5.75 Å². The summed E-state index contributed by atoms with van der Waals surface area (Å²) in [6, 6.07) is 12.7. The molecule has 0 saturated carbocycles. The summed E-state index contributed by atoms with van der Waals surface area (Å²) in [6.07, 6.45) is -7.21. The maximum Gasteiger partial charge on any atom is 0.335 e. The van der Waals surface area contributed by atoms with E-state index in [4.69, 9.17) is 21.1 Å². The molecule has 2 aliphatic rings. The fourth-order valence-electron chi connectivity index (χ4n) is 5.20. The number of aliphatic carboxylic acids is 1. The minimum Gasteiger partial charge on any atom is -0.479 e. The van der Waals surface area contributed by atoms with Gasteiger partial charge in [-0.25, -0.2) is 9.78 Å². The lowest BCUT2D eigenvalue weighted by atomic mass is 9.99. The Hall–Kier alpha value is -3.83. The maximum absolute atomic E-state index is 13.6. The molecule has 5 atom stereocenters. The molecule has 3 heterocycles. The molecule has 0 radical (unpaired) electrons. The van der Waals surface area contributed by atoms with E-state index in [9.17, 15) is 34.8 Å². The number of nitrogens with zero attached hydrogens (tertiary/aromatic N) is 3. The van der Waals surface area contributed by atoms with Crippen molar-refractivity contribution >= 4 is 62.5 Å². The summed E-state index contributed by atoms with van der Waals surface area (Å²) in [5, 5.41) is 46.1. The molecular weight excluding hydrogens is 702 g/mol. The summed E-state index contributed by atoms with van der Waals surface area (Å²) in [4.78, 5) is 47.4. The number of ether oxygens (including phenoxy) is 2. The van der Waals surface area contributed by atoms with Gasteiger partial charge in [0.05, 0.1) is 16.3 Å². The van der Waals surface area contributed by atoms with Crippen molar-refractivity contribution in [3.63, 3.8) is 0 Å². The number of carbonyl (C=O) groups is 3. The van der Waals surface area contributed by atoms with Crippen LogP contribution < -0.4 is 20.3 Å². The highest BCUT2D eigenvalue weighted by atomic mass is 79.9. The normalized spacial score (nSPS) is 23.4. The molecule has 6 N–H and O–H groups in total. The second kappa shape index (κ2) is 14.9. The molecule has 0 aliphatic carbocycles. The Morgan fingerprint density at radius 1 is 0.957 bits per heavy atom. The van der Waals surface area contributed by atoms with Crippen LogP contribution in [-0.2, 0) is 9.53 Å². The first-order valence-corrected chi connectivity index (χ1v) is 15.8. The number of hydrogen-bond acceptors (Lipinski definition) is 11. The van der Waals surface area contributed by atoms with Crippen LogP contribution in [0.2, 0.25) is 5.02 Å². The van der Waals surface area contributed by atoms with Crippen molar-refractivity contribution in [3.8, 4) is 5.75 Å². The molecule has 2 fully saturated rings. The van der Waals surface area contributed by atoms with E-state index in [-0.39, 0.29) is 28.4 Å². The van der Waals surface area contributed by atoms with E-state index >= 15 is 0 Å². The number of carboxylic acids is 1. The highest BCUT2D eigenvalue weighted by Crippen LogP contribution is 2.36. The molecule has 2 amide bonds. The average Bonchev–Trinajstić information content (AvgIpc) is 3.27. The van der Waals surface area contributed by atoms with Gasteiger partial charge < -0.3 is 50.3 Å². The lowest BCUT2D eigenvalue weighted by molar-refractivity contribution is -0.271. The smallest absolute Gasteiger partial charge is 0.335 e. The average molecular weight is 735 g/mol. The highest BCUT2D eigenvalue weighted by molar-refractivity contribution is 9.10. The molecule has 3 aromatic rings. The fraction of sp³-hybridized carbons (Fsp3) is 0.355. The Kier molecular flexibility index (Phi) is 11.0. The van der Waals surface area contributed by atoms with E-state index < -0.39 is 48.5 Å². The molecule has 2 aromatic carbocycles. The minimum atomic E-state index is -1.95. The zero-order valence-corrected chi connectivity index (χ0v) is 27.4. The number of carbonyl (C=O) groups excluding carboxylic acids is 2. The third kappa shape index (κ3) is 8.19. The number of carboxylic acid groups (broad SMARTS) is 1. The van der Waals surface area contributed by atoms with Crippen LogP contribution in [0.15, 0.2) is 59.2 Å². The maximum atomic E-state index is 13.6. The van der Waals surface area contributed by atoms with Crippen molar-refractivity contribution in [2.45, 2.75) is 37.1 Å². The molecular formula is C31H33BrClN5O9. The van der Waals surface area contributed by atoms with Gasteiger partial charge in [0, 0.05) is 41.6 Å². The van der Waals surface area contributed by atoms with Crippen LogP contribution in [0, 0.1) is 0 Å². The van der Waals surface area contributed by atoms with Gasteiger partial charge in [-0.1, -0.05) is 27.5 Å². The lowest BCUT2D eigenvalue weighted by Crippen LogP contribution is -2.61. The molecule has 0 spiro atoms. The summed E-state index contributed by atoms with van der Waals surface area (Å²) < 4.78 is 11.4. The van der Waals surface area contributed by atoms with Gasteiger partial charge in [0.15, 0.2) is 6.10 Å². The number of aliphatic hydroxyl groups is 3. The van der Waals surface area contributed by atoms with E-state index in [1.165, 1.54) is 30.5 Å². The number of hydrogen-bond donors (Lipinski definition) is 6. The highest BCUT2D eigenvalue weighted by Gasteiger charge is 2.48. The second-order valence-corrected chi connectivity index (χ2v) is 12.5. The predicted molar refractivity (Wildman–Crippen MR) is 175 cm³/mol. The summed E-state index contributed by atoms with van der Waals surface area (Å²) >= 11 is 9.23.